The average molecular weight is 600 g/mol. The lowest BCUT2D eigenvalue weighted by molar-refractivity contribution is 1.27. The minimum Gasteiger partial charge on any atom is -0.356 e. The van der Waals surface area contributed by atoms with E-state index >= 15 is 0 Å². The van der Waals surface area contributed by atoms with Gasteiger partial charge in [0.1, 0.15) is 0 Å². The van der Waals surface area contributed by atoms with Gasteiger partial charge in [-0.15, -0.1) is 0 Å². The molecule has 0 atom stereocenters. The van der Waals surface area contributed by atoms with Crippen LogP contribution in [0.4, 0.5) is 28.4 Å². The van der Waals surface area contributed by atoms with Crippen molar-refractivity contribution in [1.82, 2.24) is 0 Å². The van der Waals surface area contributed by atoms with Crippen LogP contribution in [0.1, 0.15) is 11.1 Å². The summed E-state index contributed by atoms with van der Waals surface area (Å²) in [6.07, 6.45) is 0. The molecule has 6 rings (SSSR count). The Morgan fingerprint density at radius 3 is 1.07 bits per heavy atom. The Balaban J connectivity index is 0.000000158. The Morgan fingerprint density at radius 1 is 0.390 bits per heavy atom. The zero-order chi connectivity index (χ0) is 28.7. The largest absolute Gasteiger partial charge is 0.356 e. The predicted octanol–water partition coefficient (Wildman–Crippen LogP) is 11.7. The van der Waals surface area contributed by atoms with Crippen LogP contribution in [-0.4, -0.2) is 0 Å². The van der Waals surface area contributed by atoms with Gasteiger partial charge in [0, 0.05) is 32.9 Å². The third-order valence-corrected chi connectivity index (χ3v) is 6.70. The van der Waals surface area contributed by atoms with Crippen LogP contribution in [0.5, 0.6) is 0 Å². The predicted molar refractivity (Wildman–Crippen MR) is 181 cm³/mol. The highest BCUT2D eigenvalue weighted by atomic mass is 79.9. The quantitative estimate of drug-likeness (QED) is 0.212. The Bertz CT molecular complexity index is 1440. The molecule has 0 bridgehead atoms. The van der Waals surface area contributed by atoms with E-state index in [9.17, 15) is 0 Å². The first-order valence-electron chi connectivity index (χ1n) is 13.6. The molecule has 0 unspecified atom stereocenters. The van der Waals surface area contributed by atoms with Gasteiger partial charge < -0.3 is 10.2 Å². The number of aryl methyl sites for hydroxylation is 2. The van der Waals surface area contributed by atoms with Crippen LogP contribution in [0, 0.1) is 13.8 Å². The molecule has 2 nitrogen and oxygen atoms in total. The van der Waals surface area contributed by atoms with Gasteiger partial charge in [-0.1, -0.05) is 124 Å². The Morgan fingerprint density at radius 2 is 0.707 bits per heavy atom. The smallest absolute Gasteiger partial charge is 0.0461 e. The SMILES string of the molecule is Cc1ccc(Br)cc1.Cc1ccc(N(c2ccccc2)c2ccccc2)cc1.c1ccc(Nc2ccccc2)cc1. The van der Waals surface area contributed by atoms with Gasteiger partial charge >= 0.3 is 0 Å². The highest BCUT2D eigenvalue weighted by Gasteiger charge is 2.10. The summed E-state index contributed by atoms with van der Waals surface area (Å²) in [5.74, 6) is 0. The van der Waals surface area contributed by atoms with Crippen LogP contribution in [0.3, 0.4) is 0 Å². The first kappa shape index (κ1) is 29.4. The molecule has 3 heteroatoms. The topological polar surface area (TPSA) is 15.3 Å². The number of hydrogen-bond acceptors (Lipinski definition) is 2. The van der Waals surface area contributed by atoms with E-state index in [0.29, 0.717) is 0 Å². The first-order valence-corrected chi connectivity index (χ1v) is 14.4. The molecule has 0 spiro atoms. The maximum atomic E-state index is 3.35. The molecule has 0 saturated carbocycles. The molecule has 0 heterocycles. The molecule has 0 aliphatic rings. The summed E-state index contributed by atoms with van der Waals surface area (Å²) < 4.78 is 1.14. The van der Waals surface area contributed by atoms with E-state index in [-0.39, 0.29) is 0 Å². The fraction of sp³-hybridized carbons (Fsp3) is 0.0526. The lowest BCUT2D eigenvalue weighted by Crippen LogP contribution is -2.09. The van der Waals surface area contributed by atoms with Crippen molar-refractivity contribution < 1.29 is 0 Å². The molecule has 0 aliphatic heterocycles. The van der Waals surface area contributed by atoms with Gasteiger partial charge in [0.25, 0.3) is 0 Å². The Hall–Kier alpha value is -4.60. The fourth-order valence-electron chi connectivity index (χ4n) is 4.04. The van der Waals surface area contributed by atoms with Crippen molar-refractivity contribution in [2.75, 3.05) is 10.2 Å². The zero-order valence-corrected chi connectivity index (χ0v) is 25.1. The fourth-order valence-corrected chi connectivity index (χ4v) is 4.30. The highest BCUT2D eigenvalue weighted by Crippen LogP contribution is 2.33. The second-order valence-corrected chi connectivity index (χ2v) is 10.4. The second-order valence-electron chi connectivity index (χ2n) is 9.49. The van der Waals surface area contributed by atoms with Crippen LogP contribution in [0.15, 0.2) is 174 Å². The molecular formula is C38H35BrN2. The lowest BCUT2D eigenvalue weighted by atomic mass is 10.1. The molecule has 0 amide bonds. The van der Waals surface area contributed by atoms with Crippen molar-refractivity contribution in [2.45, 2.75) is 13.8 Å². The zero-order valence-electron chi connectivity index (χ0n) is 23.5. The molecule has 0 aliphatic carbocycles. The maximum Gasteiger partial charge on any atom is 0.0461 e. The van der Waals surface area contributed by atoms with Gasteiger partial charge in [-0.2, -0.15) is 0 Å². The molecule has 0 aromatic heterocycles. The van der Waals surface area contributed by atoms with E-state index in [1.54, 1.807) is 0 Å². The molecule has 204 valence electrons. The number of para-hydroxylation sites is 4. The molecular weight excluding hydrogens is 564 g/mol. The monoisotopic (exact) mass is 598 g/mol. The van der Waals surface area contributed by atoms with Crippen LogP contribution in [-0.2, 0) is 0 Å². The van der Waals surface area contributed by atoms with Crippen molar-refractivity contribution in [1.29, 1.82) is 0 Å². The summed E-state index contributed by atoms with van der Waals surface area (Å²) in [6.45, 7) is 4.19. The van der Waals surface area contributed by atoms with E-state index in [0.717, 1.165) is 15.8 Å². The number of hydrogen-bond donors (Lipinski definition) is 1. The van der Waals surface area contributed by atoms with Crippen molar-refractivity contribution in [3.05, 3.63) is 185 Å². The summed E-state index contributed by atoms with van der Waals surface area (Å²) in [5, 5.41) is 3.30. The van der Waals surface area contributed by atoms with Crippen molar-refractivity contribution in [3.63, 3.8) is 0 Å². The van der Waals surface area contributed by atoms with E-state index in [1.165, 1.54) is 28.2 Å². The van der Waals surface area contributed by atoms with Gasteiger partial charge in [-0.05, 0) is 86.6 Å². The normalized spacial score (nSPS) is 9.83. The second kappa shape index (κ2) is 15.9. The van der Waals surface area contributed by atoms with Gasteiger partial charge in [0.05, 0.1) is 0 Å². The Labute approximate surface area is 253 Å². The number of rotatable bonds is 5. The van der Waals surface area contributed by atoms with Gasteiger partial charge in [-0.25, -0.2) is 0 Å². The molecule has 0 radical (unpaired) electrons. The van der Waals surface area contributed by atoms with Crippen LogP contribution >= 0.6 is 15.9 Å². The first-order chi connectivity index (χ1) is 20.1. The lowest BCUT2D eigenvalue weighted by Gasteiger charge is -2.25. The van der Waals surface area contributed by atoms with Crippen molar-refractivity contribution >= 4 is 44.4 Å². The summed E-state index contributed by atoms with van der Waals surface area (Å²) >= 11 is 3.35. The van der Waals surface area contributed by atoms with Crippen LogP contribution in [0.2, 0.25) is 0 Å². The third kappa shape index (κ3) is 9.82. The number of halogens is 1. The number of benzene rings is 6. The summed E-state index contributed by atoms with van der Waals surface area (Å²) in [4.78, 5) is 2.26. The number of nitrogens with one attached hydrogen (secondary N) is 1. The molecule has 6 aromatic carbocycles. The summed E-state index contributed by atoms with van der Waals surface area (Å²) in [5.41, 5.74) is 8.32. The van der Waals surface area contributed by atoms with E-state index in [1.807, 2.05) is 84.9 Å². The van der Waals surface area contributed by atoms with Gasteiger partial charge in [-0.3, -0.25) is 0 Å². The van der Waals surface area contributed by atoms with Crippen LogP contribution < -0.4 is 10.2 Å². The van der Waals surface area contributed by atoms with Gasteiger partial charge in [0.2, 0.25) is 0 Å². The average Bonchev–Trinajstić information content (AvgIpc) is 3.03. The van der Waals surface area contributed by atoms with Crippen molar-refractivity contribution in [2.24, 2.45) is 0 Å². The van der Waals surface area contributed by atoms with E-state index in [2.05, 4.69) is 125 Å². The van der Waals surface area contributed by atoms with Gasteiger partial charge in [0.15, 0.2) is 0 Å². The minimum atomic E-state index is 1.12. The highest BCUT2D eigenvalue weighted by molar-refractivity contribution is 9.10. The summed E-state index contributed by atoms with van der Waals surface area (Å²) in [6, 6.07) is 58.0. The number of anilines is 5. The molecule has 0 saturated heterocycles. The number of nitrogens with zero attached hydrogens (tertiary/aromatic N) is 1. The van der Waals surface area contributed by atoms with E-state index in [4.69, 9.17) is 0 Å². The van der Waals surface area contributed by atoms with E-state index < -0.39 is 0 Å². The van der Waals surface area contributed by atoms with Crippen molar-refractivity contribution in [3.8, 4) is 0 Å². The Kier molecular flexibility index (Phi) is 11.4. The molecule has 41 heavy (non-hydrogen) atoms. The standard InChI is InChI=1S/C19H17N.C12H11N.C7H7Br/c1-16-12-14-19(15-13-16)20(17-8-4-2-5-9-17)18-10-6-3-7-11-18;1-3-7-11(8-4-1)13-12-9-5-2-6-10-12;1-6-2-4-7(8)5-3-6/h2-15H,1H3;1-10,13H;2-5H,1H3. The maximum absolute atomic E-state index is 3.35. The molecule has 0 fully saturated rings. The third-order valence-electron chi connectivity index (χ3n) is 6.17. The summed E-state index contributed by atoms with van der Waals surface area (Å²) in [7, 11) is 0. The molecule has 6 aromatic rings. The minimum absolute atomic E-state index is 1.12. The van der Waals surface area contributed by atoms with Crippen LogP contribution in [0.25, 0.3) is 0 Å². The molecule has 1 N–H and O–H groups in total.